The molecule has 0 bridgehead atoms. The molecule has 1 heterocycles. The first-order valence-electron chi connectivity index (χ1n) is 6.06. The molecule has 0 saturated carbocycles. The highest BCUT2D eigenvalue weighted by atomic mass is 32.2. The van der Waals surface area contributed by atoms with Crippen LogP contribution in [0.25, 0.3) is 0 Å². The smallest absolute Gasteiger partial charge is 0.370 e. The summed E-state index contributed by atoms with van der Waals surface area (Å²) in [7, 11) is -3.76. The molecule has 0 spiro atoms. The predicted molar refractivity (Wildman–Crippen MR) is 71.9 cm³/mol. The van der Waals surface area contributed by atoms with Crippen LogP contribution in [-0.2, 0) is 22.4 Å². The maximum atomic E-state index is 13.1. The van der Waals surface area contributed by atoms with Gasteiger partial charge < -0.3 is 11.5 Å². The summed E-state index contributed by atoms with van der Waals surface area (Å²) in [6.07, 6.45) is -4.88. The van der Waals surface area contributed by atoms with Crippen molar-refractivity contribution in [2.24, 2.45) is 16.5 Å². The van der Waals surface area contributed by atoms with Crippen LogP contribution in [0.2, 0.25) is 0 Å². The third-order valence-corrected chi connectivity index (χ3v) is 5.53. The molecule has 1 unspecified atom stereocenters. The lowest BCUT2D eigenvalue weighted by atomic mass is 10.0. The van der Waals surface area contributed by atoms with E-state index in [1.54, 1.807) is 0 Å². The van der Waals surface area contributed by atoms with E-state index in [1.807, 2.05) is 0 Å². The Labute approximate surface area is 123 Å². The zero-order valence-corrected chi connectivity index (χ0v) is 12.1. The maximum Gasteiger partial charge on any atom is 0.417 e. The van der Waals surface area contributed by atoms with E-state index in [-0.39, 0.29) is 16.9 Å². The van der Waals surface area contributed by atoms with Crippen LogP contribution in [0.3, 0.4) is 0 Å². The molecule has 0 aromatic heterocycles. The second-order valence-corrected chi connectivity index (χ2v) is 7.24. The molecule has 1 atom stereocenters. The molecule has 0 saturated heterocycles. The quantitative estimate of drug-likeness (QED) is 0.583. The van der Waals surface area contributed by atoms with Gasteiger partial charge in [-0.15, -0.1) is 0 Å². The molecule has 120 valence electrons. The van der Waals surface area contributed by atoms with Crippen LogP contribution < -0.4 is 11.5 Å². The fourth-order valence-electron chi connectivity index (χ4n) is 2.27. The normalized spacial score (nSPS) is 19.5. The van der Waals surface area contributed by atoms with Gasteiger partial charge in [-0.1, -0.05) is 0 Å². The summed E-state index contributed by atoms with van der Waals surface area (Å²) in [6, 6.07) is 1.37. The van der Waals surface area contributed by atoms with Crippen molar-refractivity contribution < 1.29 is 26.4 Å². The molecule has 1 aromatic rings. The number of aliphatic imine (C=N–C) groups is 1. The van der Waals surface area contributed by atoms with Gasteiger partial charge in [0.25, 0.3) is 5.91 Å². The topological polar surface area (TPSA) is 116 Å². The number of guanidine groups is 1. The summed E-state index contributed by atoms with van der Waals surface area (Å²) in [5, 5.41) is -0.850. The van der Waals surface area contributed by atoms with Crippen LogP contribution in [0, 0.1) is 0 Å². The number of alkyl halides is 3. The van der Waals surface area contributed by atoms with Crippen molar-refractivity contribution in [2.75, 3.05) is 0 Å². The van der Waals surface area contributed by atoms with E-state index in [0.717, 1.165) is 0 Å². The number of rotatable bonds is 1. The molecular formula is C12H12F3N3O3S. The molecule has 4 N–H and O–H groups in total. The molecule has 1 aliphatic rings. The number of hydrogen-bond acceptors (Lipinski definition) is 3. The lowest BCUT2D eigenvalue weighted by Gasteiger charge is -2.12. The van der Waals surface area contributed by atoms with Crippen LogP contribution in [0.4, 0.5) is 13.2 Å². The van der Waals surface area contributed by atoms with Gasteiger partial charge in [-0.05, 0) is 31.0 Å². The number of nitrogens with two attached hydrogens (primary N) is 2. The lowest BCUT2D eigenvalue weighted by molar-refractivity contribution is -0.138. The number of nitrogens with zero attached hydrogens (tertiary/aromatic N) is 1. The summed E-state index contributed by atoms with van der Waals surface area (Å²) >= 11 is 0. The average Bonchev–Trinajstić information content (AvgIpc) is 2.57. The molecule has 2 rings (SSSR count). The van der Waals surface area contributed by atoms with Crippen molar-refractivity contribution in [1.29, 1.82) is 0 Å². The minimum absolute atomic E-state index is 0.0288. The summed E-state index contributed by atoms with van der Waals surface area (Å²) in [4.78, 5) is 14.5. The predicted octanol–water partition coefficient (Wildman–Crippen LogP) is 0.837. The number of halogens is 3. The zero-order chi connectivity index (χ0) is 16.9. The molecule has 1 aliphatic heterocycles. The molecule has 1 aromatic carbocycles. The van der Waals surface area contributed by atoms with Crippen LogP contribution >= 0.6 is 0 Å². The average molecular weight is 335 g/mol. The Morgan fingerprint density at radius 1 is 1.32 bits per heavy atom. The van der Waals surface area contributed by atoms with Crippen LogP contribution in [0.1, 0.15) is 28.4 Å². The van der Waals surface area contributed by atoms with Gasteiger partial charge in [0.1, 0.15) is 0 Å². The number of fused-ring (bicyclic) bond motifs is 1. The molecule has 0 aliphatic carbocycles. The van der Waals surface area contributed by atoms with E-state index in [0.29, 0.717) is 12.1 Å². The molecular weight excluding hydrogens is 323 g/mol. The lowest BCUT2D eigenvalue weighted by Crippen LogP contribution is -2.25. The van der Waals surface area contributed by atoms with Crippen molar-refractivity contribution in [3.05, 3.63) is 28.8 Å². The highest BCUT2D eigenvalue weighted by molar-refractivity contribution is 7.92. The van der Waals surface area contributed by atoms with Crippen LogP contribution in [0.5, 0.6) is 0 Å². The Morgan fingerprint density at radius 2 is 1.91 bits per heavy atom. The minimum Gasteiger partial charge on any atom is -0.370 e. The number of benzene rings is 1. The fourth-order valence-corrected chi connectivity index (χ4v) is 3.90. The first-order valence-corrected chi connectivity index (χ1v) is 7.61. The SMILES string of the molecule is CC1Cc2cc(C(F)(F)F)c(C(=O)N=C(N)N)cc2S1(=O)=O. The number of carbonyl (C=O) groups excluding carboxylic acids is 1. The molecule has 0 radical (unpaired) electrons. The highest BCUT2D eigenvalue weighted by Gasteiger charge is 2.41. The Kier molecular flexibility index (Phi) is 3.68. The fraction of sp³-hybridized carbons (Fsp3) is 0.333. The number of amides is 1. The third kappa shape index (κ3) is 2.65. The van der Waals surface area contributed by atoms with Gasteiger partial charge in [-0.25, -0.2) is 8.42 Å². The van der Waals surface area contributed by atoms with E-state index in [4.69, 9.17) is 11.5 Å². The molecule has 1 amide bonds. The number of carbonyl (C=O) groups is 1. The molecule has 0 fully saturated rings. The third-order valence-electron chi connectivity index (χ3n) is 3.31. The van der Waals surface area contributed by atoms with E-state index < -0.39 is 44.3 Å². The highest BCUT2D eigenvalue weighted by Crippen LogP contribution is 2.39. The summed E-state index contributed by atoms with van der Waals surface area (Å²) in [5.41, 5.74) is 7.85. The van der Waals surface area contributed by atoms with Gasteiger partial charge in [-0.2, -0.15) is 18.2 Å². The van der Waals surface area contributed by atoms with E-state index in [1.165, 1.54) is 6.92 Å². The Bertz CT molecular complexity index is 781. The standard InChI is InChI=1S/C12H12F3N3O3S/c1-5-2-6-3-8(12(13,14)15)7(10(19)18-11(16)17)4-9(6)22(5,20)21/h3-5H,2H2,1H3,(H4,16,17,18,19). The van der Waals surface area contributed by atoms with Crippen molar-refractivity contribution in [3.8, 4) is 0 Å². The Hall–Kier alpha value is -2.10. The minimum atomic E-state index is -4.84. The number of hydrogen-bond donors (Lipinski definition) is 2. The van der Waals surface area contributed by atoms with Crippen LogP contribution in [-0.4, -0.2) is 25.5 Å². The monoisotopic (exact) mass is 335 g/mol. The summed E-state index contributed by atoms with van der Waals surface area (Å²) in [6.45, 7) is 1.39. The van der Waals surface area contributed by atoms with E-state index in [2.05, 4.69) is 4.99 Å². The van der Waals surface area contributed by atoms with Crippen LogP contribution in [0.15, 0.2) is 22.0 Å². The Balaban J connectivity index is 2.75. The van der Waals surface area contributed by atoms with Gasteiger partial charge in [0.15, 0.2) is 15.8 Å². The maximum absolute atomic E-state index is 13.1. The zero-order valence-electron chi connectivity index (χ0n) is 11.3. The molecule has 22 heavy (non-hydrogen) atoms. The first kappa shape index (κ1) is 16.3. The van der Waals surface area contributed by atoms with Gasteiger partial charge in [0, 0.05) is 0 Å². The summed E-state index contributed by atoms with van der Waals surface area (Å²) in [5.74, 6) is -2.06. The van der Waals surface area contributed by atoms with Gasteiger partial charge in [0.05, 0.1) is 21.3 Å². The summed E-state index contributed by atoms with van der Waals surface area (Å²) < 4.78 is 63.4. The van der Waals surface area contributed by atoms with Gasteiger partial charge in [-0.3, -0.25) is 4.79 Å². The largest absolute Gasteiger partial charge is 0.417 e. The van der Waals surface area contributed by atoms with Gasteiger partial charge >= 0.3 is 6.18 Å². The van der Waals surface area contributed by atoms with E-state index in [9.17, 15) is 26.4 Å². The van der Waals surface area contributed by atoms with Crippen molar-refractivity contribution in [1.82, 2.24) is 0 Å². The van der Waals surface area contributed by atoms with E-state index >= 15 is 0 Å². The van der Waals surface area contributed by atoms with Gasteiger partial charge in [0.2, 0.25) is 0 Å². The Morgan fingerprint density at radius 3 is 2.41 bits per heavy atom. The molecule has 6 nitrogen and oxygen atoms in total. The van der Waals surface area contributed by atoms with Crippen molar-refractivity contribution in [3.63, 3.8) is 0 Å². The first-order chi connectivity index (χ1) is 9.94. The van der Waals surface area contributed by atoms with Crippen molar-refractivity contribution >= 4 is 21.7 Å². The second kappa shape index (κ2) is 4.97. The second-order valence-electron chi connectivity index (χ2n) is 4.90. The number of sulfone groups is 1. The molecule has 10 heteroatoms. The van der Waals surface area contributed by atoms with Crippen molar-refractivity contribution in [2.45, 2.75) is 29.7 Å².